The van der Waals surface area contributed by atoms with Gasteiger partial charge < -0.3 is 9.64 Å². The van der Waals surface area contributed by atoms with Crippen LogP contribution in [-0.4, -0.2) is 60.4 Å². The maximum Gasteiger partial charge on any atom is 0.242 e. The number of ether oxygens (including phenoxy) is 1. The molecule has 1 aromatic heterocycles. The van der Waals surface area contributed by atoms with Crippen LogP contribution in [0.25, 0.3) is 11.4 Å². The van der Waals surface area contributed by atoms with Crippen LogP contribution in [0.2, 0.25) is 5.02 Å². The van der Waals surface area contributed by atoms with Gasteiger partial charge in [0.25, 0.3) is 0 Å². The van der Waals surface area contributed by atoms with Crippen molar-refractivity contribution in [3.8, 4) is 17.1 Å². The number of rotatable bonds is 9. The van der Waals surface area contributed by atoms with E-state index in [2.05, 4.69) is 10.2 Å². The van der Waals surface area contributed by atoms with E-state index >= 15 is 0 Å². The Morgan fingerprint density at radius 2 is 1.97 bits per heavy atom. The normalized spacial score (nSPS) is 11.3. The molecular weight excluding hydrogens is 472 g/mol. The van der Waals surface area contributed by atoms with Crippen LogP contribution in [0.5, 0.6) is 5.75 Å². The lowest BCUT2D eigenvalue weighted by molar-refractivity contribution is -0.130. The van der Waals surface area contributed by atoms with Gasteiger partial charge in [-0.1, -0.05) is 17.7 Å². The van der Waals surface area contributed by atoms with Gasteiger partial charge in [0.1, 0.15) is 12.3 Å². The second kappa shape index (κ2) is 10.3. The van der Waals surface area contributed by atoms with Gasteiger partial charge in [0.05, 0.1) is 11.5 Å². The number of halogens is 1. The number of aromatic amines is 1. The topological polar surface area (TPSA) is 97.3 Å². The third kappa shape index (κ3) is 6.18. The Kier molecular flexibility index (Phi) is 7.70. The first-order valence-electron chi connectivity index (χ1n) is 9.73. The highest BCUT2D eigenvalue weighted by Gasteiger charge is 2.15. The lowest BCUT2D eigenvalue weighted by Gasteiger charge is -2.18. The summed E-state index contributed by atoms with van der Waals surface area (Å²) in [4.78, 5) is 14.5. The number of aromatic nitrogens is 3. The smallest absolute Gasteiger partial charge is 0.242 e. The molecular formula is C21H23ClN4O4S2. The highest BCUT2D eigenvalue weighted by atomic mass is 35.5. The summed E-state index contributed by atoms with van der Waals surface area (Å²) in [7, 11) is -1.59. The average Bonchev–Trinajstić information content (AvgIpc) is 3.11. The molecule has 3 rings (SSSR count). The molecule has 0 bridgehead atoms. The number of benzene rings is 2. The Balaban J connectivity index is 1.55. The molecule has 3 aromatic rings. The first kappa shape index (κ1) is 24.0. The molecule has 1 heterocycles. The molecule has 1 N–H and O–H groups in total. The van der Waals surface area contributed by atoms with Crippen molar-refractivity contribution in [2.75, 3.05) is 26.5 Å². The van der Waals surface area contributed by atoms with E-state index in [-0.39, 0.29) is 17.3 Å². The molecule has 0 spiro atoms. The molecule has 0 unspecified atom stereocenters. The quantitative estimate of drug-likeness (QED) is 0.360. The first-order chi connectivity index (χ1) is 15.1. The molecule has 0 saturated carbocycles. The third-order valence-corrected chi connectivity index (χ3v) is 6.39. The molecule has 0 fully saturated rings. The van der Waals surface area contributed by atoms with Crippen molar-refractivity contribution >= 4 is 39.6 Å². The number of sulfone groups is 1. The van der Waals surface area contributed by atoms with Gasteiger partial charge in [-0.05, 0) is 61.1 Å². The molecule has 0 radical (unpaired) electrons. The number of carbonyl (C=O) groups excluding carboxylic acids is 1. The van der Waals surface area contributed by atoms with Crippen molar-refractivity contribution in [3.05, 3.63) is 58.3 Å². The number of likely N-dealkylation sites (N-methyl/N-ethyl adjacent to an activating group) is 1. The van der Waals surface area contributed by atoms with Crippen molar-refractivity contribution in [1.29, 1.82) is 0 Å². The van der Waals surface area contributed by atoms with Gasteiger partial charge in [0.2, 0.25) is 5.91 Å². The number of H-pyrrole nitrogens is 1. The second-order valence-corrected chi connectivity index (χ2v) is 10.0. The van der Waals surface area contributed by atoms with Crippen LogP contribution in [-0.2, 0) is 21.2 Å². The van der Waals surface area contributed by atoms with E-state index in [0.29, 0.717) is 40.9 Å². The molecule has 11 heteroatoms. The summed E-state index contributed by atoms with van der Waals surface area (Å²) in [5, 5.41) is 7.57. The van der Waals surface area contributed by atoms with E-state index in [1.54, 1.807) is 40.8 Å². The minimum Gasteiger partial charge on any atom is -0.493 e. The van der Waals surface area contributed by atoms with Gasteiger partial charge in [-0.3, -0.25) is 14.5 Å². The number of hydrogen-bond acceptors (Lipinski definition) is 6. The first-order valence-corrected chi connectivity index (χ1v) is 12.4. The minimum atomic E-state index is -3.29. The summed E-state index contributed by atoms with van der Waals surface area (Å²) in [5.41, 5.74) is 0.793. The predicted octanol–water partition coefficient (Wildman–Crippen LogP) is 3.59. The maximum atomic E-state index is 12.7. The van der Waals surface area contributed by atoms with Crippen LogP contribution in [0, 0.1) is 4.77 Å². The van der Waals surface area contributed by atoms with Crippen LogP contribution in [0.15, 0.2) is 53.4 Å². The molecule has 0 aliphatic heterocycles. The second-order valence-electron chi connectivity index (χ2n) is 7.21. The third-order valence-electron chi connectivity index (χ3n) is 4.72. The van der Waals surface area contributed by atoms with Crippen LogP contribution in [0.3, 0.4) is 0 Å². The molecule has 1 amide bonds. The molecule has 0 saturated heterocycles. The van der Waals surface area contributed by atoms with Gasteiger partial charge in [0.15, 0.2) is 20.4 Å². The summed E-state index contributed by atoms with van der Waals surface area (Å²) in [6.45, 7) is 0.846. The van der Waals surface area contributed by atoms with Gasteiger partial charge >= 0.3 is 0 Å². The van der Waals surface area contributed by atoms with Crippen molar-refractivity contribution < 1.29 is 17.9 Å². The molecule has 170 valence electrons. The largest absolute Gasteiger partial charge is 0.493 e. The molecule has 8 nitrogen and oxygen atoms in total. The van der Waals surface area contributed by atoms with Crippen molar-refractivity contribution in [3.63, 3.8) is 0 Å². The van der Waals surface area contributed by atoms with Gasteiger partial charge in [-0.15, -0.1) is 0 Å². The molecule has 0 aliphatic carbocycles. The van der Waals surface area contributed by atoms with Crippen LogP contribution in [0.4, 0.5) is 0 Å². The van der Waals surface area contributed by atoms with E-state index in [1.807, 2.05) is 12.1 Å². The predicted molar refractivity (Wildman–Crippen MR) is 125 cm³/mol. The molecule has 32 heavy (non-hydrogen) atoms. The highest BCUT2D eigenvalue weighted by molar-refractivity contribution is 7.90. The number of nitrogens with one attached hydrogen (secondary N) is 1. The lowest BCUT2D eigenvalue weighted by Crippen LogP contribution is -2.32. The van der Waals surface area contributed by atoms with E-state index in [9.17, 15) is 13.2 Å². The Hall–Kier alpha value is -2.69. The summed E-state index contributed by atoms with van der Waals surface area (Å²) in [5.74, 6) is 0.901. The summed E-state index contributed by atoms with van der Waals surface area (Å²) >= 11 is 11.2. The lowest BCUT2D eigenvalue weighted by atomic mass is 10.2. The highest BCUT2D eigenvalue weighted by Crippen LogP contribution is 2.20. The van der Waals surface area contributed by atoms with Crippen molar-refractivity contribution in [2.45, 2.75) is 17.9 Å². The molecule has 0 atom stereocenters. The Morgan fingerprint density at radius 1 is 1.25 bits per heavy atom. The Labute approximate surface area is 196 Å². The fraction of sp³-hybridized carbons (Fsp3) is 0.286. The van der Waals surface area contributed by atoms with Gasteiger partial charge in [0, 0.05) is 30.4 Å². The van der Waals surface area contributed by atoms with Crippen LogP contribution >= 0.6 is 23.8 Å². The zero-order valence-corrected chi connectivity index (χ0v) is 20.0. The minimum absolute atomic E-state index is 0.0427. The Bertz CT molecular complexity index is 1250. The number of carbonyl (C=O) groups is 1. The van der Waals surface area contributed by atoms with Crippen molar-refractivity contribution in [1.82, 2.24) is 19.7 Å². The summed E-state index contributed by atoms with van der Waals surface area (Å²) in [6, 6.07) is 13.5. The van der Waals surface area contributed by atoms with Crippen molar-refractivity contribution in [2.24, 2.45) is 0 Å². The standard InChI is InChI=1S/C21H23ClN4O4S2/c1-25(11-4-12-30-17-5-3-6-18(13-17)32(2,28)29)19(27)14-26-20(23-24-21(26)31)15-7-9-16(22)10-8-15/h3,5-10,13H,4,11-12,14H2,1-2H3,(H,24,31). The monoisotopic (exact) mass is 494 g/mol. The van der Waals surface area contributed by atoms with Gasteiger partial charge in [-0.25, -0.2) is 8.42 Å². The van der Waals surface area contributed by atoms with Crippen LogP contribution in [0.1, 0.15) is 6.42 Å². The molecule has 2 aromatic carbocycles. The fourth-order valence-corrected chi connectivity index (χ4v) is 3.93. The van der Waals surface area contributed by atoms with E-state index in [1.165, 1.54) is 12.1 Å². The van der Waals surface area contributed by atoms with E-state index in [0.717, 1.165) is 11.8 Å². The number of amides is 1. The fourth-order valence-electron chi connectivity index (χ4n) is 2.95. The zero-order valence-electron chi connectivity index (χ0n) is 17.6. The van der Waals surface area contributed by atoms with E-state index < -0.39 is 9.84 Å². The van der Waals surface area contributed by atoms with Crippen LogP contribution < -0.4 is 4.74 Å². The van der Waals surface area contributed by atoms with E-state index in [4.69, 9.17) is 28.6 Å². The number of nitrogens with zero attached hydrogens (tertiary/aromatic N) is 3. The number of hydrogen-bond donors (Lipinski definition) is 1. The molecule has 0 aliphatic rings. The SMILES string of the molecule is CN(CCCOc1cccc(S(C)(=O)=O)c1)C(=O)Cn1c(-c2ccc(Cl)cc2)n[nH]c1=S. The van der Waals surface area contributed by atoms with Gasteiger partial charge in [-0.2, -0.15) is 5.10 Å². The average molecular weight is 495 g/mol. The Morgan fingerprint density at radius 3 is 2.66 bits per heavy atom. The summed E-state index contributed by atoms with van der Waals surface area (Å²) < 4.78 is 30.9. The zero-order chi connectivity index (χ0) is 23.3. The maximum absolute atomic E-state index is 12.7. The summed E-state index contributed by atoms with van der Waals surface area (Å²) in [6.07, 6.45) is 1.73.